The molecule has 2 aromatic carbocycles. The molecule has 1 N–H and O–H groups in total. The lowest BCUT2D eigenvalue weighted by molar-refractivity contribution is 0.0600. The Morgan fingerprint density at radius 2 is 1.65 bits per heavy atom. The summed E-state index contributed by atoms with van der Waals surface area (Å²) in [4.78, 5) is 27.9. The molecule has 0 radical (unpaired) electrons. The van der Waals surface area contributed by atoms with Crippen LogP contribution in [-0.4, -0.2) is 24.0 Å². The van der Waals surface area contributed by atoms with Crippen LogP contribution in [0.1, 0.15) is 20.7 Å². The van der Waals surface area contributed by atoms with Gasteiger partial charge in [0.2, 0.25) is 0 Å². The Labute approximate surface area is 132 Å². The number of methoxy groups -OCH3 is 1. The number of carbonyl (C=O) groups excluding carboxylic acids is 2. The molecule has 0 saturated carbocycles. The van der Waals surface area contributed by atoms with E-state index in [0.717, 1.165) is 10.8 Å². The number of hydrogen-bond acceptors (Lipinski definition) is 4. The number of aromatic nitrogens is 1. The maximum atomic E-state index is 12.3. The third kappa shape index (κ3) is 3.18. The Morgan fingerprint density at radius 1 is 0.957 bits per heavy atom. The SMILES string of the molecule is COC(=O)c1ccc2cc(C(=O)Nc3ccccn3)ccc2c1. The average molecular weight is 306 g/mol. The van der Waals surface area contributed by atoms with Crippen molar-refractivity contribution in [1.82, 2.24) is 4.98 Å². The molecule has 23 heavy (non-hydrogen) atoms. The molecule has 0 atom stereocenters. The van der Waals surface area contributed by atoms with Crippen LogP contribution in [0, 0.1) is 0 Å². The molecule has 5 heteroatoms. The molecule has 0 fully saturated rings. The minimum absolute atomic E-state index is 0.234. The monoisotopic (exact) mass is 306 g/mol. The molecule has 3 rings (SSSR count). The number of benzene rings is 2. The summed E-state index contributed by atoms with van der Waals surface area (Å²) in [6.07, 6.45) is 1.62. The van der Waals surface area contributed by atoms with Crippen molar-refractivity contribution in [2.24, 2.45) is 0 Å². The van der Waals surface area contributed by atoms with E-state index in [1.54, 1.807) is 60.8 Å². The highest BCUT2D eigenvalue weighted by Crippen LogP contribution is 2.19. The Bertz CT molecular complexity index is 876. The van der Waals surface area contributed by atoms with E-state index in [1.165, 1.54) is 7.11 Å². The highest BCUT2D eigenvalue weighted by molar-refractivity contribution is 6.06. The van der Waals surface area contributed by atoms with E-state index >= 15 is 0 Å². The molecular formula is C18H14N2O3. The van der Waals surface area contributed by atoms with Gasteiger partial charge in [0.1, 0.15) is 5.82 Å². The van der Waals surface area contributed by atoms with Gasteiger partial charge >= 0.3 is 5.97 Å². The van der Waals surface area contributed by atoms with Gasteiger partial charge in [-0.05, 0) is 47.2 Å². The summed E-state index contributed by atoms with van der Waals surface area (Å²) in [7, 11) is 1.34. The predicted molar refractivity (Wildman–Crippen MR) is 87.5 cm³/mol. The fourth-order valence-electron chi connectivity index (χ4n) is 2.26. The normalized spacial score (nSPS) is 10.3. The van der Waals surface area contributed by atoms with Crippen molar-refractivity contribution in [3.05, 3.63) is 71.9 Å². The lowest BCUT2D eigenvalue weighted by Gasteiger charge is -2.06. The number of pyridine rings is 1. The van der Waals surface area contributed by atoms with Gasteiger partial charge in [-0.25, -0.2) is 9.78 Å². The van der Waals surface area contributed by atoms with Crippen LogP contribution in [-0.2, 0) is 4.74 Å². The summed E-state index contributed by atoms with van der Waals surface area (Å²) in [6, 6.07) is 15.8. The molecule has 1 heterocycles. The van der Waals surface area contributed by atoms with Crippen LogP contribution in [0.15, 0.2) is 60.8 Å². The molecule has 0 aliphatic carbocycles. The van der Waals surface area contributed by atoms with Crippen LogP contribution >= 0.6 is 0 Å². The maximum absolute atomic E-state index is 12.3. The van der Waals surface area contributed by atoms with Gasteiger partial charge in [-0.1, -0.05) is 18.2 Å². The van der Waals surface area contributed by atoms with Crippen molar-refractivity contribution in [3.63, 3.8) is 0 Å². The van der Waals surface area contributed by atoms with E-state index in [2.05, 4.69) is 10.3 Å². The van der Waals surface area contributed by atoms with Gasteiger partial charge in [-0.2, -0.15) is 0 Å². The van der Waals surface area contributed by atoms with Crippen molar-refractivity contribution < 1.29 is 14.3 Å². The Morgan fingerprint density at radius 3 is 2.30 bits per heavy atom. The number of nitrogens with zero attached hydrogens (tertiary/aromatic N) is 1. The van der Waals surface area contributed by atoms with Gasteiger partial charge < -0.3 is 10.1 Å². The summed E-state index contributed by atoms with van der Waals surface area (Å²) in [5.74, 6) is -0.120. The van der Waals surface area contributed by atoms with E-state index in [0.29, 0.717) is 16.9 Å². The van der Waals surface area contributed by atoms with E-state index in [1.807, 2.05) is 0 Å². The van der Waals surface area contributed by atoms with E-state index < -0.39 is 0 Å². The van der Waals surface area contributed by atoms with Crippen molar-refractivity contribution in [3.8, 4) is 0 Å². The molecule has 0 unspecified atom stereocenters. The molecule has 0 saturated heterocycles. The van der Waals surface area contributed by atoms with E-state index in [-0.39, 0.29) is 11.9 Å². The van der Waals surface area contributed by atoms with Crippen LogP contribution in [0.2, 0.25) is 0 Å². The third-order valence-corrected chi connectivity index (χ3v) is 3.43. The molecule has 114 valence electrons. The number of hydrogen-bond donors (Lipinski definition) is 1. The minimum Gasteiger partial charge on any atom is -0.465 e. The largest absolute Gasteiger partial charge is 0.465 e. The van der Waals surface area contributed by atoms with Gasteiger partial charge in [0.15, 0.2) is 0 Å². The number of fused-ring (bicyclic) bond motifs is 1. The number of ether oxygens (including phenoxy) is 1. The molecule has 0 bridgehead atoms. The highest BCUT2D eigenvalue weighted by atomic mass is 16.5. The molecule has 0 aliphatic rings. The van der Waals surface area contributed by atoms with Crippen LogP contribution in [0.25, 0.3) is 10.8 Å². The number of carbonyl (C=O) groups is 2. The van der Waals surface area contributed by atoms with Crippen molar-refractivity contribution in [1.29, 1.82) is 0 Å². The minimum atomic E-state index is -0.385. The van der Waals surface area contributed by atoms with Crippen molar-refractivity contribution in [2.75, 3.05) is 12.4 Å². The molecular weight excluding hydrogens is 292 g/mol. The summed E-state index contributed by atoms with van der Waals surface area (Å²) < 4.78 is 4.70. The standard InChI is InChI=1S/C18H14N2O3/c1-23-18(22)15-8-6-12-10-14(7-5-13(12)11-15)17(21)20-16-4-2-3-9-19-16/h2-11H,1H3,(H,19,20,21). The van der Waals surface area contributed by atoms with Gasteiger partial charge in [0, 0.05) is 11.8 Å². The fourth-order valence-corrected chi connectivity index (χ4v) is 2.26. The van der Waals surface area contributed by atoms with Gasteiger partial charge in [0.05, 0.1) is 12.7 Å². The zero-order valence-corrected chi connectivity index (χ0v) is 12.4. The Kier molecular flexibility index (Phi) is 4.01. The Hall–Kier alpha value is -3.21. The second kappa shape index (κ2) is 6.27. The second-order valence-electron chi connectivity index (χ2n) is 4.94. The summed E-state index contributed by atoms with van der Waals surface area (Å²) >= 11 is 0. The first kappa shape index (κ1) is 14.7. The fraction of sp³-hybridized carbons (Fsp3) is 0.0556. The smallest absolute Gasteiger partial charge is 0.337 e. The zero-order valence-electron chi connectivity index (χ0n) is 12.4. The summed E-state index contributed by atoms with van der Waals surface area (Å²) in [6.45, 7) is 0. The molecule has 1 aromatic heterocycles. The third-order valence-electron chi connectivity index (χ3n) is 3.43. The lowest BCUT2D eigenvalue weighted by Crippen LogP contribution is -2.12. The number of esters is 1. The van der Waals surface area contributed by atoms with E-state index in [9.17, 15) is 9.59 Å². The van der Waals surface area contributed by atoms with Crippen LogP contribution in [0.5, 0.6) is 0 Å². The topological polar surface area (TPSA) is 68.3 Å². The molecule has 0 aliphatic heterocycles. The first-order valence-corrected chi connectivity index (χ1v) is 7.02. The average Bonchev–Trinajstić information content (AvgIpc) is 2.61. The Balaban J connectivity index is 1.88. The van der Waals surface area contributed by atoms with E-state index in [4.69, 9.17) is 4.74 Å². The number of nitrogens with one attached hydrogen (secondary N) is 1. The first-order valence-electron chi connectivity index (χ1n) is 7.02. The highest BCUT2D eigenvalue weighted by Gasteiger charge is 2.09. The summed E-state index contributed by atoms with van der Waals surface area (Å²) in [5.41, 5.74) is 1.000. The van der Waals surface area contributed by atoms with Gasteiger partial charge in [0.25, 0.3) is 5.91 Å². The molecule has 0 spiro atoms. The van der Waals surface area contributed by atoms with Crippen LogP contribution < -0.4 is 5.32 Å². The number of anilines is 1. The van der Waals surface area contributed by atoms with Gasteiger partial charge in [-0.15, -0.1) is 0 Å². The molecule has 3 aromatic rings. The van der Waals surface area contributed by atoms with Crippen molar-refractivity contribution in [2.45, 2.75) is 0 Å². The lowest BCUT2D eigenvalue weighted by atomic mass is 10.0. The summed E-state index contributed by atoms with van der Waals surface area (Å²) in [5, 5.41) is 4.47. The number of amides is 1. The van der Waals surface area contributed by atoms with Crippen molar-refractivity contribution >= 4 is 28.5 Å². The zero-order chi connectivity index (χ0) is 16.2. The predicted octanol–water partition coefficient (Wildman–Crippen LogP) is 3.27. The van der Waals surface area contributed by atoms with Crippen LogP contribution in [0.4, 0.5) is 5.82 Å². The quantitative estimate of drug-likeness (QED) is 0.754. The molecule has 5 nitrogen and oxygen atoms in total. The first-order chi connectivity index (χ1) is 11.2. The molecule has 1 amide bonds. The second-order valence-corrected chi connectivity index (χ2v) is 4.94. The van der Waals surface area contributed by atoms with Crippen LogP contribution in [0.3, 0.4) is 0 Å². The number of rotatable bonds is 3. The van der Waals surface area contributed by atoms with Gasteiger partial charge in [-0.3, -0.25) is 4.79 Å². The maximum Gasteiger partial charge on any atom is 0.337 e.